The molecule has 0 radical (unpaired) electrons. The van der Waals surface area contributed by atoms with Gasteiger partial charge in [-0.1, -0.05) is 12.2 Å². The summed E-state index contributed by atoms with van der Waals surface area (Å²) in [6, 6.07) is 0. The summed E-state index contributed by atoms with van der Waals surface area (Å²) in [4.78, 5) is 0. The molecule has 0 unspecified atom stereocenters. The maximum absolute atomic E-state index is 5.27. The highest BCUT2D eigenvalue weighted by molar-refractivity contribution is 4.87. The first-order valence-corrected chi connectivity index (χ1v) is 4.75. The number of unbranched alkanes of at least 4 members (excludes halogenated alkanes) is 2. The van der Waals surface area contributed by atoms with Crippen LogP contribution in [0.5, 0.6) is 0 Å². The van der Waals surface area contributed by atoms with Crippen molar-refractivity contribution in [2.45, 2.75) is 32.0 Å². The number of terminal acetylenes is 1. The van der Waals surface area contributed by atoms with E-state index in [9.17, 15) is 0 Å². The van der Waals surface area contributed by atoms with Crippen LogP contribution < -0.4 is 0 Å². The Labute approximate surface area is 79.9 Å². The summed E-state index contributed by atoms with van der Waals surface area (Å²) in [5, 5.41) is 0. The Morgan fingerprint density at radius 3 is 2.77 bits per heavy atom. The molecule has 0 aromatic heterocycles. The van der Waals surface area contributed by atoms with E-state index in [1.165, 1.54) is 0 Å². The number of ether oxygens (including phenoxy) is 2. The van der Waals surface area contributed by atoms with E-state index < -0.39 is 0 Å². The third kappa shape index (κ3) is 4.72. The van der Waals surface area contributed by atoms with E-state index in [-0.39, 0.29) is 6.29 Å². The van der Waals surface area contributed by atoms with Crippen LogP contribution in [0.25, 0.3) is 0 Å². The number of hydrogen-bond donors (Lipinski definition) is 0. The summed E-state index contributed by atoms with van der Waals surface area (Å²) in [6.07, 6.45) is 13.2. The first kappa shape index (κ1) is 10.3. The summed E-state index contributed by atoms with van der Waals surface area (Å²) in [6.45, 7) is 1.46. The lowest BCUT2D eigenvalue weighted by Gasteiger charge is -2.03. The molecule has 1 aliphatic rings. The molecule has 0 aromatic carbocycles. The molecule has 0 amide bonds. The highest BCUT2D eigenvalue weighted by Gasteiger charge is 2.12. The van der Waals surface area contributed by atoms with Crippen LogP contribution in [0.1, 0.15) is 25.7 Å². The third-order valence-electron chi connectivity index (χ3n) is 1.88. The van der Waals surface area contributed by atoms with Crippen molar-refractivity contribution in [3.8, 4) is 12.3 Å². The Bertz CT molecular complexity index is 185. The lowest BCUT2D eigenvalue weighted by atomic mass is 10.2. The van der Waals surface area contributed by atoms with Gasteiger partial charge in [0.15, 0.2) is 6.29 Å². The van der Waals surface area contributed by atoms with Gasteiger partial charge in [-0.25, -0.2) is 0 Å². The van der Waals surface area contributed by atoms with Gasteiger partial charge in [0.2, 0.25) is 0 Å². The molecule has 0 N–H and O–H groups in total. The number of hydrogen-bond acceptors (Lipinski definition) is 2. The van der Waals surface area contributed by atoms with E-state index in [0.717, 1.165) is 38.9 Å². The summed E-state index contributed by atoms with van der Waals surface area (Å²) in [7, 11) is 0. The quantitative estimate of drug-likeness (QED) is 0.366. The summed E-state index contributed by atoms with van der Waals surface area (Å²) >= 11 is 0. The van der Waals surface area contributed by atoms with Gasteiger partial charge in [0.25, 0.3) is 0 Å². The predicted octanol–water partition coefficient (Wildman–Crippen LogP) is 2.11. The minimum Gasteiger partial charge on any atom is -0.350 e. The lowest BCUT2D eigenvalue weighted by Crippen LogP contribution is -2.04. The second-order valence-electron chi connectivity index (χ2n) is 2.97. The Morgan fingerprint density at radius 1 is 1.31 bits per heavy atom. The van der Waals surface area contributed by atoms with Crippen LogP contribution in [0.2, 0.25) is 0 Å². The van der Waals surface area contributed by atoms with Crippen molar-refractivity contribution in [3.05, 3.63) is 12.2 Å². The summed E-state index contributed by atoms with van der Waals surface area (Å²) in [5.74, 6) is 2.62. The lowest BCUT2D eigenvalue weighted by molar-refractivity contribution is -0.0380. The van der Waals surface area contributed by atoms with Gasteiger partial charge in [-0.15, -0.1) is 12.3 Å². The number of allylic oxidation sites excluding steroid dienone is 1. The second kappa shape index (κ2) is 6.71. The van der Waals surface area contributed by atoms with Crippen molar-refractivity contribution < 1.29 is 9.47 Å². The fourth-order valence-corrected chi connectivity index (χ4v) is 1.19. The SMILES string of the molecule is C#CCCC/C=C\CC1OCCO1. The van der Waals surface area contributed by atoms with Gasteiger partial charge in [0.05, 0.1) is 13.2 Å². The van der Waals surface area contributed by atoms with Crippen LogP contribution >= 0.6 is 0 Å². The Kier molecular flexibility index (Phi) is 5.31. The standard InChI is InChI=1S/C11H16O2/c1-2-3-4-5-6-7-8-11-12-9-10-13-11/h1,6-7,11H,3-5,8-10H2/b7-6-. The van der Waals surface area contributed by atoms with Gasteiger partial charge in [-0.2, -0.15) is 0 Å². The van der Waals surface area contributed by atoms with Crippen LogP contribution in [0.4, 0.5) is 0 Å². The molecule has 0 atom stereocenters. The van der Waals surface area contributed by atoms with E-state index in [4.69, 9.17) is 15.9 Å². The molecule has 0 aromatic rings. The summed E-state index contributed by atoms with van der Waals surface area (Å²) in [5.41, 5.74) is 0. The zero-order valence-electron chi connectivity index (χ0n) is 7.87. The largest absolute Gasteiger partial charge is 0.350 e. The van der Waals surface area contributed by atoms with E-state index in [1.54, 1.807) is 0 Å². The summed E-state index contributed by atoms with van der Waals surface area (Å²) < 4.78 is 10.5. The molecule has 1 heterocycles. The first-order valence-electron chi connectivity index (χ1n) is 4.75. The molecule has 1 saturated heterocycles. The zero-order chi connectivity index (χ0) is 9.36. The van der Waals surface area contributed by atoms with Crippen LogP contribution in [0, 0.1) is 12.3 Å². The molecule has 2 nitrogen and oxygen atoms in total. The molecular weight excluding hydrogens is 164 g/mol. The highest BCUT2D eigenvalue weighted by Crippen LogP contribution is 2.08. The van der Waals surface area contributed by atoms with Gasteiger partial charge in [0, 0.05) is 12.8 Å². The van der Waals surface area contributed by atoms with E-state index in [1.807, 2.05) is 0 Å². The van der Waals surface area contributed by atoms with Crippen LogP contribution in [0.15, 0.2) is 12.2 Å². The van der Waals surface area contributed by atoms with Crippen molar-refractivity contribution in [1.29, 1.82) is 0 Å². The molecule has 72 valence electrons. The Morgan fingerprint density at radius 2 is 2.08 bits per heavy atom. The first-order chi connectivity index (χ1) is 6.43. The maximum Gasteiger partial charge on any atom is 0.161 e. The average Bonchev–Trinajstić information content (AvgIpc) is 2.63. The topological polar surface area (TPSA) is 18.5 Å². The molecule has 0 spiro atoms. The molecule has 1 aliphatic heterocycles. The van der Waals surface area contributed by atoms with Crippen LogP contribution in [-0.4, -0.2) is 19.5 Å². The second-order valence-corrected chi connectivity index (χ2v) is 2.97. The van der Waals surface area contributed by atoms with Gasteiger partial charge >= 0.3 is 0 Å². The molecule has 0 aliphatic carbocycles. The maximum atomic E-state index is 5.27. The van der Waals surface area contributed by atoms with Crippen molar-refractivity contribution in [2.24, 2.45) is 0 Å². The van der Waals surface area contributed by atoms with E-state index in [2.05, 4.69) is 18.1 Å². The van der Waals surface area contributed by atoms with Gasteiger partial charge < -0.3 is 9.47 Å². The average molecular weight is 180 g/mol. The molecule has 0 saturated carbocycles. The monoisotopic (exact) mass is 180 g/mol. The third-order valence-corrected chi connectivity index (χ3v) is 1.88. The van der Waals surface area contributed by atoms with Gasteiger partial charge in [-0.3, -0.25) is 0 Å². The number of rotatable bonds is 5. The fourth-order valence-electron chi connectivity index (χ4n) is 1.19. The van der Waals surface area contributed by atoms with Crippen molar-refractivity contribution in [1.82, 2.24) is 0 Å². The van der Waals surface area contributed by atoms with Gasteiger partial charge in [-0.05, 0) is 12.8 Å². The molecule has 13 heavy (non-hydrogen) atoms. The minimum atomic E-state index is -0.0103. The minimum absolute atomic E-state index is 0.0103. The Balaban J connectivity index is 1.95. The van der Waals surface area contributed by atoms with Crippen LogP contribution in [0.3, 0.4) is 0 Å². The predicted molar refractivity (Wildman–Crippen MR) is 52.1 cm³/mol. The van der Waals surface area contributed by atoms with E-state index in [0.29, 0.717) is 0 Å². The van der Waals surface area contributed by atoms with E-state index >= 15 is 0 Å². The zero-order valence-corrected chi connectivity index (χ0v) is 7.87. The molecule has 2 heteroatoms. The molecular formula is C11H16O2. The van der Waals surface area contributed by atoms with Crippen molar-refractivity contribution >= 4 is 0 Å². The molecule has 0 bridgehead atoms. The fraction of sp³-hybridized carbons (Fsp3) is 0.636. The van der Waals surface area contributed by atoms with Crippen molar-refractivity contribution in [2.75, 3.05) is 13.2 Å². The van der Waals surface area contributed by atoms with Crippen molar-refractivity contribution in [3.63, 3.8) is 0 Å². The Hall–Kier alpha value is -0.780. The van der Waals surface area contributed by atoms with Crippen LogP contribution in [-0.2, 0) is 9.47 Å². The molecule has 1 rings (SSSR count). The normalized spacial score (nSPS) is 18.1. The molecule has 1 fully saturated rings. The highest BCUT2D eigenvalue weighted by atomic mass is 16.7. The smallest absolute Gasteiger partial charge is 0.161 e. The van der Waals surface area contributed by atoms with Gasteiger partial charge in [0.1, 0.15) is 0 Å².